The van der Waals surface area contributed by atoms with Gasteiger partial charge in [-0.1, -0.05) is 33.8 Å². The summed E-state index contributed by atoms with van der Waals surface area (Å²) in [7, 11) is 1.18. The quantitative estimate of drug-likeness (QED) is 0.422. The lowest BCUT2D eigenvalue weighted by Gasteiger charge is -2.41. The molecule has 0 fully saturated rings. The van der Waals surface area contributed by atoms with Crippen molar-refractivity contribution in [1.29, 1.82) is 0 Å². The summed E-state index contributed by atoms with van der Waals surface area (Å²) in [6.07, 6.45) is 1.81. The number of rotatable bonds is 6. The second-order valence-corrected chi connectivity index (χ2v) is 11.9. The van der Waals surface area contributed by atoms with E-state index < -0.39 is 8.32 Å². The molecular weight excluding hydrogens is 282 g/mol. The van der Waals surface area contributed by atoms with E-state index in [2.05, 4.69) is 33.9 Å². The lowest BCUT2D eigenvalue weighted by atomic mass is 9.97. The van der Waals surface area contributed by atoms with Gasteiger partial charge in [0.2, 0.25) is 0 Å². The van der Waals surface area contributed by atoms with Gasteiger partial charge in [0.15, 0.2) is 8.32 Å². The minimum atomic E-state index is -1.95. The molecule has 0 aromatic rings. The van der Waals surface area contributed by atoms with Crippen LogP contribution in [0.3, 0.4) is 0 Å². The molecule has 0 aromatic heterocycles. The molecule has 0 rings (SSSR count). The summed E-state index contributed by atoms with van der Waals surface area (Å²) in [6, 6.07) is 0. The van der Waals surface area contributed by atoms with Gasteiger partial charge >= 0.3 is 0 Å². The van der Waals surface area contributed by atoms with Crippen molar-refractivity contribution in [3.63, 3.8) is 0 Å². The first-order valence-corrected chi connectivity index (χ1v) is 10.4. The molecule has 0 aliphatic carbocycles. The summed E-state index contributed by atoms with van der Waals surface area (Å²) in [6.45, 7) is 16.9. The highest BCUT2D eigenvalue weighted by molar-refractivity contribution is 6.74. The van der Waals surface area contributed by atoms with Crippen LogP contribution >= 0.6 is 0 Å². The van der Waals surface area contributed by atoms with Crippen LogP contribution in [0.4, 0.5) is 0 Å². The zero-order valence-electron chi connectivity index (χ0n) is 15.4. The summed E-state index contributed by atoms with van der Waals surface area (Å²) < 4.78 is 6.50. The molecule has 5 heteroatoms. The molecule has 0 saturated carbocycles. The third kappa shape index (κ3) is 5.24. The van der Waals surface area contributed by atoms with Gasteiger partial charge in [0.25, 0.3) is 5.91 Å². The van der Waals surface area contributed by atoms with Crippen molar-refractivity contribution in [1.82, 2.24) is 5.06 Å². The van der Waals surface area contributed by atoms with Crippen LogP contribution in [0.1, 0.15) is 41.5 Å². The molecule has 0 aromatic carbocycles. The minimum Gasteiger partial charge on any atom is -0.409 e. The Bertz CT molecular complexity index is 385. The maximum Gasteiger partial charge on any atom is 0.251 e. The number of nitrogens with zero attached hydrogens (tertiary/aromatic N) is 1. The topological polar surface area (TPSA) is 38.8 Å². The Hall–Kier alpha value is -0.653. The molecule has 4 nitrogen and oxygen atoms in total. The average Bonchev–Trinajstić information content (AvgIpc) is 2.40. The van der Waals surface area contributed by atoms with Crippen molar-refractivity contribution in [2.75, 3.05) is 14.2 Å². The van der Waals surface area contributed by atoms with Crippen molar-refractivity contribution < 1.29 is 14.1 Å². The number of carbonyl (C=O) groups excluding carboxylic acids is 1. The molecule has 0 radical (unpaired) electrons. The minimum absolute atomic E-state index is 0.0672. The molecule has 0 spiro atoms. The molecule has 0 saturated heterocycles. The van der Waals surface area contributed by atoms with Crippen molar-refractivity contribution in [3.8, 4) is 0 Å². The van der Waals surface area contributed by atoms with E-state index >= 15 is 0 Å². The smallest absolute Gasteiger partial charge is 0.251 e. The van der Waals surface area contributed by atoms with Crippen LogP contribution in [0, 0.1) is 5.92 Å². The molecule has 0 unspecified atom stereocenters. The summed E-state index contributed by atoms with van der Waals surface area (Å²) >= 11 is 0. The second kappa shape index (κ2) is 7.56. The second-order valence-electron chi connectivity index (χ2n) is 7.14. The zero-order valence-corrected chi connectivity index (χ0v) is 16.4. The maximum absolute atomic E-state index is 12.4. The predicted octanol–water partition coefficient (Wildman–Crippen LogP) is 4.00. The van der Waals surface area contributed by atoms with Gasteiger partial charge in [0.1, 0.15) is 0 Å². The monoisotopic (exact) mass is 315 g/mol. The summed E-state index contributed by atoms with van der Waals surface area (Å²) in [5, 5.41) is 1.38. The van der Waals surface area contributed by atoms with Crippen molar-refractivity contribution in [2.24, 2.45) is 5.92 Å². The van der Waals surface area contributed by atoms with Gasteiger partial charge in [0.05, 0.1) is 19.1 Å². The molecule has 21 heavy (non-hydrogen) atoms. The zero-order chi connectivity index (χ0) is 17.0. The van der Waals surface area contributed by atoms with Gasteiger partial charge in [-0.3, -0.25) is 9.63 Å². The van der Waals surface area contributed by atoms with Crippen LogP contribution in [0.5, 0.6) is 0 Å². The maximum atomic E-state index is 12.4. The predicted molar refractivity (Wildman–Crippen MR) is 90.4 cm³/mol. The van der Waals surface area contributed by atoms with Crippen LogP contribution in [0.25, 0.3) is 0 Å². The normalized spacial score (nSPS) is 16.6. The first kappa shape index (κ1) is 20.3. The fraction of sp³-hybridized carbons (Fsp3) is 0.812. The van der Waals surface area contributed by atoms with E-state index in [1.54, 1.807) is 7.05 Å². The van der Waals surface area contributed by atoms with Crippen molar-refractivity contribution >= 4 is 14.2 Å². The van der Waals surface area contributed by atoms with E-state index in [0.29, 0.717) is 0 Å². The Kier molecular flexibility index (Phi) is 7.33. The number of hydrogen-bond donors (Lipinski definition) is 0. The molecular formula is C16H33NO3Si. The fourth-order valence-corrected chi connectivity index (χ4v) is 3.13. The highest BCUT2D eigenvalue weighted by Crippen LogP contribution is 2.39. The molecule has 124 valence electrons. The Balaban J connectivity index is 5.39. The lowest BCUT2D eigenvalue weighted by Crippen LogP contribution is -2.48. The molecule has 0 aliphatic rings. The van der Waals surface area contributed by atoms with E-state index in [1.165, 1.54) is 12.2 Å². The SMILES string of the molecule is C/C=C(\C)[C@@H](O[Si](C)(C)C(C)(C)C)[C@@H](C)C(=O)N(C)OC. The highest BCUT2D eigenvalue weighted by Gasteiger charge is 2.41. The van der Waals surface area contributed by atoms with Gasteiger partial charge in [0, 0.05) is 7.05 Å². The number of carbonyl (C=O) groups is 1. The Morgan fingerprint density at radius 1 is 1.29 bits per heavy atom. The fourth-order valence-electron chi connectivity index (χ4n) is 1.75. The first-order valence-electron chi connectivity index (χ1n) is 7.51. The molecule has 0 aliphatic heterocycles. The Morgan fingerprint density at radius 3 is 2.10 bits per heavy atom. The van der Waals surface area contributed by atoms with Crippen LogP contribution in [-0.2, 0) is 14.1 Å². The van der Waals surface area contributed by atoms with E-state index in [9.17, 15) is 4.79 Å². The van der Waals surface area contributed by atoms with Gasteiger partial charge in [-0.25, -0.2) is 5.06 Å². The van der Waals surface area contributed by atoms with Crippen LogP contribution < -0.4 is 0 Å². The van der Waals surface area contributed by atoms with E-state index in [-0.39, 0.29) is 23.0 Å². The van der Waals surface area contributed by atoms with E-state index in [0.717, 1.165) is 5.57 Å². The van der Waals surface area contributed by atoms with E-state index in [1.807, 2.05) is 26.8 Å². The van der Waals surface area contributed by atoms with Gasteiger partial charge in [-0.05, 0) is 37.6 Å². The largest absolute Gasteiger partial charge is 0.409 e. The third-order valence-corrected chi connectivity index (χ3v) is 9.02. The molecule has 1 amide bonds. The van der Waals surface area contributed by atoms with Gasteiger partial charge < -0.3 is 4.43 Å². The third-order valence-electron chi connectivity index (χ3n) is 4.56. The standard InChI is InChI=1S/C16H33NO3Si/c1-11-12(2)14(13(3)15(18)17(7)19-8)20-21(9,10)16(4,5)6/h11,13-14H,1-10H3/b12-11+/t13-,14-/m1/s1. The summed E-state index contributed by atoms with van der Waals surface area (Å²) in [5.41, 5.74) is 1.09. The summed E-state index contributed by atoms with van der Waals surface area (Å²) in [5.74, 6) is -0.345. The van der Waals surface area contributed by atoms with Crippen LogP contribution in [-0.4, -0.2) is 39.5 Å². The van der Waals surface area contributed by atoms with Gasteiger partial charge in [-0.15, -0.1) is 0 Å². The Morgan fingerprint density at radius 2 is 1.76 bits per heavy atom. The molecule has 0 heterocycles. The van der Waals surface area contributed by atoms with Crippen LogP contribution in [0.2, 0.25) is 18.1 Å². The van der Waals surface area contributed by atoms with Crippen molar-refractivity contribution in [3.05, 3.63) is 11.6 Å². The molecule has 0 N–H and O–H groups in total. The number of hydrogen-bond acceptors (Lipinski definition) is 3. The Labute approximate surface area is 131 Å². The molecule has 2 atom stereocenters. The van der Waals surface area contributed by atoms with Crippen molar-refractivity contribution in [2.45, 2.75) is 65.8 Å². The number of hydroxylamine groups is 2. The summed E-state index contributed by atoms with van der Waals surface area (Å²) in [4.78, 5) is 17.4. The lowest BCUT2D eigenvalue weighted by molar-refractivity contribution is -0.175. The van der Waals surface area contributed by atoms with E-state index in [4.69, 9.17) is 9.26 Å². The number of allylic oxidation sites excluding steroid dienone is 1. The van der Waals surface area contributed by atoms with Crippen LogP contribution in [0.15, 0.2) is 11.6 Å². The molecule has 0 bridgehead atoms. The average molecular weight is 316 g/mol. The number of amides is 1. The first-order chi connectivity index (χ1) is 9.39. The highest BCUT2D eigenvalue weighted by atomic mass is 28.4. The van der Waals surface area contributed by atoms with Gasteiger partial charge in [-0.2, -0.15) is 0 Å².